The van der Waals surface area contributed by atoms with Crippen LogP contribution >= 0.6 is 15.9 Å². The van der Waals surface area contributed by atoms with Crippen molar-refractivity contribution in [2.24, 2.45) is 27.6 Å². The molecule has 5 unspecified atom stereocenters. The second-order valence-electron chi connectivity index (χ2n) is 6.73. The molecule has 0 nitrogen and oxygen atoms in total. The summed E-state index contributed by atoms with van der Waals surface area (Å²) in [4.78, 5) is 0. The molecule has 5 atom stereocenters. The van der Waals surface area contributed by atoms with Gasteiger partial charge in [-0.15, -0.1) is 0 Å². The number of rotatable bonds is 0. The van der Waals surface area contributed by atoms with Crippen molar-refractivity contribution in [1.29, 1.82) is 0 Å². The van der Waals surface area contributed by atoms with Gasteiger partial charge in [0, 0.05) is 9.90 Å². The zero-order chi connectivity index (χ0) is 10.1. The zero-order valence-corrected chi connectivity index (χ0v) is 11.0. The fraction of sp³-hybridized carbons (Fsp3) is 0.846. The summed E-state index contributed by atoms with van der Waals surface area (Å²) in [5.74, 6) is 0.922. The minimum Gasteiger partial charge on any atom is -0.0589 e. The Bertz CT molecular complexity index is 413. The Morgan fingerprint density at radius 1 is 1.21 bits per heavy atom. The average Bonchev–Trinajstić information content (AvgIpc) is 2.28. The van der Waals surface area contributed by atoms with Gasteiger partial charge in [0.25, 0.3) is 0 Å². The van der Waals surface area contributed by atoms with Crippen molar-refractivity contribution >= 4 is 15.9 Å². The van der Waals surface area contributed by atoms with E-state index in [2.05, 4.69) is 43.6 Å². The lowest BCUT2D eigenvalue weighted by molar-refractivity contribution is -0.0288. The molecule has 0 heterocycles. The van der Waals surface area contributed by atoms with Gasteiger partial charge in [-0.25, -0.2) is 0 Å². The first-order valence-corrected chi connectivity index (χ1v) is 6.53. The number of fused-ring (bicyclic) bond motifs is 1. The first-order chi connectivity index (χ1) is 6.37. The van der Waals surface area contributed by atoms with Gasteiger partial charge in [0.15, 0.2) is 0 Å². The van der Waals surface area contributed by atoms with Crippen LogP contribution in [0, 0.1) is 27.6 Å². The van der Waals surface area contributed by atoms with E-state index in [4.69, 9.17) is 0 Å². The smallest absolute Gasteiger partial charge is 0.00688 e. The highest BCUT2D eigenvalue weighted by Crippen LogP contribution is 3.08. The molecule has 1 spiro atoms. The van der Waals surface area contributed by atoms with E-state index in [1.165, 1.54) is 12.8 Å². The summed E-state index contributed by atoms with van der Waals surface area (Å²) < 4.78 is 1.56. The van der Waals surface area contributed by atoms with Gasteiger partial charge >= 0.3 is 0 Å². The monoisotopic (exact) mass is 252 g/mol. The van der Waals surface area contributed by atoms with Crippen molar-refractivity contribution in [3.05, 3.63) is 10.1 Å². The zero-order valence-electron chi connectivity index (χ0n) is 9.37. The van der Waals surface area contributed by atoms with E-state index in [1.807, 2.05) is 0 Å². The van der Waals surface area contributed by atoms with E-state index >= 15 is 0 Å². The fourth-order valence-electron chi connectivity index (χ4n) is 6.68. The molecule has 0 radical (unpaired) electrons. The molecule has 0 N–H and O–H groups in total. The predicted octanol–water partition coefficient (Wildman–Crippen LogP) is 4.11. The molecule has 0 aromatic heterocycles. The molecule has 0 aliphatic heterocycles. The molecule has 0 aromatic carbocycles. The molecule has 14 heavy (non-hydrogen) atoms. The quantitative estimate of drug-likeness (QED) is 0.609. The molecular formula is C13H17Br. The van der Waals surface area contributed by atoms with Crippen LogP contribution in [0.2, 0.25) is 0 Å². The molecule has 3 saturated carbocycles. The molecule has 0 amide bonds. The summed E-state index contributed by atoms with van der Waals surface area (Å²) in [6, 6.07) is 0. The number of halogens is 1. The van der Waals surface area contributed by atoms with E-state index in [0.29, 0.717) is 21.7 Å². The van der Waals surface area contributed by atoms with Crippen LogP contribution in [-0.4, -0.2) is 0 Å². The molecule has 0 saturated heterocycles. The number of hydrogen-bond donors (Lipinski definition) is 0. The van der Waals surface area contributed by atoms with Crippen LogP contribution in [0.25, 0.3) is 0 Å². The summed E-state index contributed by atoms with van der Waals surface area (Å²) in [6.07, 6.45) is 2.88. The third-order valence-electron chi connectivity index (χ3n) is 6.96. The minimum absolute atomic E-state index is 0.517. The molecule has 4 rings (SSSR count). The van der Waals surface area contributed by atoms with Crippen LogP contribution in [0.5, 0.6) is 0 Å². The van der Waals surface area contributed by atoms with Crippen LogP contribution in [0.15, 0.2) is 10.1 Å². The Hall–Kier alpha value is 0.220. The van der Waals surface area contributed by atoms with Gasteiger partial charge in [0.05, 0.1) is 0 Å². The summed E-state index contributed by atoms with van der Waals surface area (Å²) in [5.41, 5.74) is 4.26. The lowest BCUT2D eigenvalue weighted by atomic mass is 9.51. The first-order valence-electron chi connectivity index (χ1n) is 5.74. The van der Waals surface area contributed by atoms with Gasteiger partial charge in [-0.05, 0) is 41.9 Å². The highest BCUT2D eigenvalue weighted by molar-refractivity contribution is 9.11. The maximum absolute atomic E-state index is 3.87. The summed E-state index contributed by atoms with van der Waals surface area (Å²) in [6.45, 7) is 9.92. The standard InChI is InChI=1S/C13H17Br/c1-7-8-5-11(3)12(4)6-10(2,9(7)14)13(8,11)12/h8H,5-6H2,1-4H3. The van der Waals surface area contributed by atoms with Crippen molar-refractivity contribution in [2.45, 2.75) is 40.5 Å². The summed E-state index contributed by atoms with van der Waals surface area (Å²) in [5, 5.41) is 0. The van der Waals surface area contributed by atoms with E-state index in [-0.39, 0.29) is 0 Å². The highest BCUT2D eigenvalue weighted by Gasteiger charge is 3.02. The molecule has 3 fully saturated rings. The van der Waals surface area contributed by atoms with Crippen LogP contribution in [0.4, 0.5) is 0 Å². The predicted molar refractivity (Wildman–Crippen MR) is 61.1 cm³/mol. The maximum Gasteiger partial charge on any atom is 0.00688 e. The first kappa shape index (κ1) is 8.38. The van der Waals surface area contributed by atoms with Gasteiger partial charge in [0.1, 0.15) is 0 Å². The van der Waals surface area contributed by atoms with Crippen molar-refractivity contribution < 1.29 is 0 Å². The molecule has 4 aliphatic carbocycles. The van der Waals surface area contributed by atoms with E-state index in [9.17, 15) is 0 Å². The van der Waals surface area contributed by atoms with Crippen LogP contribution in [0.3, 0.4) is 0 Å². The van der Waals surface area contributed by atoms with Crippen molar-refractivity contribution in [3.63, 3.8) is 0 Å². The minimum atomic E-state index is 0.517. The lowest BCUT2D eigenvalue weighted by Crippen LogP contribution is -2.48. The Morgan fingerprint density at radius 3 is 2.21 bits per heavy atom. The largest absolute Gasteiger partial charge is 0.0589 e. The Labute approximate surface area is 94.3 Å². The highest BCUT2D eigenvalue weighted by atomic mass is 79.9. The van der Waals surface area contributed by atoms with Crippen LogP contribution < -0.4 is 0 Å². The molecular weight excluding hydrogens is 236 g/mol. The van der Waals surface area contributed by atoms with E-state index < -0.39 is 0 Å². The third kappa shape index (κ3) is 0.362. The Balaban J connectivity index is 2.00. The Kier molecular flexibility index (Phi) is 0.953. The SMILES string of the molecule is CC1=C(Br)C2(C)CC3(C)C4(C)CC1C243. The van der Waals surface area contributed by atoms with Crippen LogP contribution in [-0.2, 0) is 0 Å². The fourth-order valence-corrected chi connectivity index (χ4v) is 7.41. The number of allylic oxidation sites excluding steroid dienone is 2. The summed E-state index contributed by atoms with van der Waals surface area (Å²) >= 11 is 3.87. The van der Waals surface area contributed by atoms with Gasteiger partial charge in [-0.3, -0.25) is 0 Å². The normalized spacial score (nSPS) is 72.2. The average molecular weight is 253 g/mol. The van der Waals surface area contributed by atoms with Crippen molar-refractivity contribution in [3.8, 4) is 0 Å². The number of hydrogen-bond acceptors (Lipinski definition) is 0. The van der Waals surface area contributed by atoms with Crippen LogP contribution in [0.1, 0.15) is 40.5 Å². The second-order valence-corrected chi connectivity index (χ2v) is 7.53. The van der Waals surface area contributed by atoms with Gasteiger partial charge in [-0.2, -0.15) is 0 Å². The molecule has 0 bridgehead atoms. The molecule has 1 heteroatoms. The maximum atomic E-state index is 3.87. The Morgan fingerprint density at radius 2 is 1.86 bits per heavy atom. The molecule has 76 valence electrons. The van der Waals surface area contributed by atoms with Gasteiger partial charge in [-0.1, -0.05) is 42.3 Å². The van der Waals surface area contributed by atoms with Gasteiger partial charge in [0.2, 0.25) is 0 Å². The van der Waals surface area contributed by atoms with Crippen molar-refractivity contribution in [2.75, 3.05) is 0 Å². The molecule has 4 aliphatic rings. The van der Waals surface area contributed by atoms with Gasteiger partial charge < -0.3 is 0 Å². The summed E-state index contributed by atoms with van der Waals surface area (Å²) in [7, 11) is 0. The second kappa shape index (κ2) is 1.59. The topological polar surface area (TPSA) is 0 Å². The van der Waals surface area contributed by atoms with Crippen molar-refractivity contribution in [1.82, 2.24) is 0 Å². The molecule has 0 aromatic rings. The van der Waals surface area contributed by atoms with E-state index in [1.54, 1.807) is 10.1 Å². The lowest BCUT2D eigenvalue weighted by Gasteiger charge is -2.53. The third-order valence-corrected chi connectivity index (χ3v) is 8.46. The van der Waals surface area contributed by atoms with E-state index in [0.717, 1.165) is 5.92 Å².